The standard InChI is InChI=1S/C27H36N2O3/c1-27(2,3)18-28-16-19-6-7-21-14-23(15-22(21)13-19)29-26(30)20-8-10-24(11-9-20)32-17-25-5-4-12-31-25/h6-11,13,23,25,28H,4-5,12,14-18H2,1-3H3,(H,29,30). The van der Waals surface area contributed by atoms with Crippen LogP contribution in [0.3, 0.4) is 0 Å². The molecule has 0 aromatic heterocycles. The fraction of sp³-hybridized carbons (Fsp3) is 0.519. The molecule has 0 radical (unpaired) electrons. The van der Waals surface area contributed by atoms with E-state index in [0.717, 1.165) is 51.1 Å². The molecule has 0 saturated carbocycles. The average Bonchev–Trinajstić information content (AvgIpc) is 3.40. The molecule has 172 valence electrons. The number of carbonyl (C=O) groups excluding carboxylic acids is 1. The van der Waals surface area contributed by atoms with Crippen LogP contribution < -0.4 is 15.4 Å². The fourth-order valence-corrected chi connectivity index (χ4v) is 4.40. The van der Waals surface area contributed by atoms with Crippen molar-refractivity contribution in [3.05, 3.63) is 64.7 Å². The predicted octanol–water partition coefficient (Wildman–Crippen LogP) is 4.28. The van der Waals surface area contributed by atoms with E-state index < -0.39 is 0 Å². The van der Waals surface area contributed by atoms with Gasteiger partial charge in [0.15, 0.2) is 0 Å². The van der Waals surface area contributed by atoms with Crippen LogP contribution in [-0.2, 0) is 24.1 Å². The molecule has 1 saturated heterocycles. The molecule has 5 nitrogen and oxygen atoms in total. The summed E-state index contributed by atoms with van der Waals surface area (Å²) < 4.78 is 11.4. The topological polar surface area (TPSA) is 59.6 Å². The number of nitrogens with one attached hydrogen (secondary N) is 2. The molecule has 5 heteroatoms. The number of benzene rings is 2. The molecule has 2 aromatic carbocycles. The van der Waals surface area contributed by atoms with Crippen molar-refractivity contribution in [3.8, 4) is 5.75 Å². The summed E-state index contributed by atoms with van der Waals surface area (Å²) in [6, 6.07) is 14.3. The van der Waals surface area contributed by atoms with Gasteiger partial charge in [-0.15, -0.1) is 0 Å². The van der Waals surface area contributed by atoms with Crippen LogP contribution in [0.1, 0.15) is 60.7 Å². The van der Waals surface area contributed by atoms with Crippen LogP contribution in [0.4, 0.5) is 0 Å². The van der Waals surface area contributed by atoms with Crippen molar-refractivity contribution in [1.82, 2.24) is 10.6 Å². The Balaban J connectivity index is 1.26. The third-order valence-corrected chi connectivity index (χ3v) is 6.10. The van der Waals surface area contributed by atoms with E-state index in [4.69, 9.17) is 9.47 Å². The summed E-state index contributed by atoms with van der Waals surface area (Å²) in [5.41, 5.74) is 4.94. The maximum atomic E-state index is 12.8. The fourth-order valence-electron chi connectivity index (χ4n) is 4.40. The maximum absolute atomic E-state index is 12.8. The third-order valence-electron chi connectivity index (χ3n) is 6.10. The Morgan fingerprint density at radius 3 is 2.59 bits per heavy atom. The van der Waals surface area contributed by atoms with Crippen molar-refractivity contribution >= 4 is 5.91 Å². The second-order valence-electron chi connectivity index (χ2n) is 10.3. The molecule has 1 amide bonds. The van der Waals surface area contributed by atoms with Crippen molar-refractivity contribution in [3.63, 3.8) is 0 Å². The quantitative estimate of drug-likeness (QED) is 0.649. The second-order valence-corrected chi connectivity index (χ2v) is 10.3. The molecule has 1 aliphatic heterocycles. The van der Waals surface area contributed by atoms with E-state index in [1.165, 1.54) is 16.7 Å². The Hall–Kier alpha value is -2.37. The van der Waals surface area contributed by atoms with E-state index in [-0.39, 0.29) is 23.5 Å². The first kappa shape index (κ1) is 22.8. The van der Waals surface area contributed by atoms with Gasteiger partial charge in [0.1, 0.15) is 12.4 Å². The molecule has 1 fully saturated rings. The molecule has 1 heterocycles. The van der Waals surface area contributed by atoms with Crippen LogP contribution in [0.25, 0.3) is 0 Å². The molecule has 0 bridgehead atoms. The van der Waals surface area contributed by atoms with Gasteiger partial charge in [0.2, 0.25) is 0 Å². The predicted molar refractivity (Wildman–Crippen MR) is 127 cm³/mol. The summed E-state index contributed by atoms with van der Waals surface area (Å²) in [5.74, 6) is 0.749. The summed E-state index contributed by atoms with van der Waals surface area (Å²) in [4.78, 5) is 12.8. The van der Waals surface area contributed by atoms with Gasteiger partial charge in [-0.1, -0.05) is 39.0 Å². The first-order valence-electron chi connectivity index (χ1n) is 11.8. The van der Waals surface area contributed by atoms with Crippen LogP contribution >= 0.6 is 0 Å². The van der Waals surface area contributed by atoms with E-state index in [1.807, 2.05) is 24.3 Å². The van der Waals surface area contributed by atoms with E-state index in [1.54, 1.807) is 0 Å². The molecule has 2 unspecified atom stereocenters. The van der Waals surface area contributed by atoms with Gasteiger partial charge < -0.3 is 20.1 Å². The second kappa shape index (κ2) is 10.1. The third kappa shape index (κ3) is 6.33. The number of hydrogen-bond acceptors (Lipinski definition) is 4. The minimum Gasteiger partial charge on any atom is -0.491 e. The van der Waals surface area contributed by atoms with Crippen LogP contribution in [0, 0.1) is 5.41 Å². The first-order chi connectivity index (χ1) is 15.4. The first-order valence-corrected chi connectivity index (χ1v) is 11.8. The Kier molecular flexibility index (Phi) is 7.17. The molecule has 2 aliphatic rings. The van der Waals surface area contributed by atoms with Crippen LogP contribution in [0.2, 0.25) is 0 Å². The SMILES string of the molecule is CC(C)(C)CNCc1ccc2c(c1)CC(NC(=O)c1ccc(OCC3CCCO3)cc1)C2. The zero-order valence-electron chi connectivity index (χ0n) is 19.6. The van der Waals surface area contributed by atoms with Gasteiger partial charge in [-0.3, -0.25) is 4.79 Å². The lowest BCUT2D eigenvalue weighted by molar-refractivity contribution is 0.0679. The zero-order valence-corrected chi connectivity index (χ0v) is 19.6. The number of amides is 1. The van der Waals surface area contributed by atoms with E-state index in [0.29, 0.717) is 12.2 Å². The minimum atomic E-state index is -0.0273. The number of carbonyl (C=O) groups is 1. The highest BCUT2D eigenvalue weighted by Crippen LogP contribution is 2.24. The highest BCUT2D eigenvalue weighted by atomic mass is 16.5. The van der Waals surface area contributed by atoms with E-state index >= 15 is 0 Å². The van der Waals surface area contributed by atoms with Gasteiger partial charge in [-0.05, 0) is 72.1 Å². The number of ether oxygens (including phenoxy) is 2. The Labute approximate surface area is 191 Å². The van der Waals surface area contributed by atoms with E-state index in [9.17, 15) is 4.79 Å². The van der Waals surface area contributed by atoms with Crippen LogP contribution in [0.5, 0.6) is 5.75 Å². The highest BCUT2D eigenvalue weighted by molar-refractivity contribution is 5.94. The van der Waals surface area contributed by atoms with Gasteiger partial charge in [-0.2, -0.15) is 0 Å². The summed E-state index contributed by atoms with van der Waals surface area (Å²) in [7, 11) is 0. The van der Waals surface area contributed by atoms with Gasteiger partial charge >= 0.3 is 0 Å². The maximum Gasteiger partial charge on any atom is 0.251 e. The zero-order chi connectivity index (χ0) is 22.6. The molecule has 4 rings (SSSR count). The number of fused-ring (bicyclic) bond motifs is 1. The smallest absolute Gasteiger partial charge is 0.251 e. The van der Waals surface area contributed by atoms with Crippen molar-refractivity contribution in [2.75, 3.05) is 19.8 Å². The summed E-state index contributed by atoms with van der Waals surface area (Å²) >= 11 is 0. The van der Waals surface area contributed by atoms with Gasteiger partial charge in [0.25, 0.3) is 5.91 Å². The molecule has 2 N–H and O–H groups in total. The van der Waals surface area contributed by atoms with Crippen molar-refractivity contribution in [2.24, 2.45) is 5.41 Å². The molecule has 2 atom stereocenters. The lowest BCUT2D eigenvalue weighted by Crippen LogP contribution is -2.35. The van der Waals surface area contributed by atoms with Gasteiger partial charge in [0.05, 0.1) is 6.10 Å². The van der Waals surface area contributed by atoms with Crippen LogP contribution in [0.15, 0.2) is 42.5 Å². The molecular formula is C27H36N2O3. The summed E-state index contributed by atoms with van der Waals surface area (Å²) in [6.45, 7) is 9.98. The lowest BCUT2D eigenvalue weighted by Gasteiger charge is -2.19. The molecule has 32 heavy (non-hydrogen) atoms. The Morgan fingerprint density at radius 1 is 1.09 bits per heavy atom. The van der Waals surface area contributed by atoms with Gasteiger partial charge in [-0.25, -0.2) is 0 Å². The van der Waals surface area contributed by atoms with E-state index in [2.05, 4.69) is 49.6 Å². The Morgan fingerprint density at radius 2 is 1.88 bits per heavy atom. The molecule has 0 spiro atoms. The Bertz CT molecular complexity index is 911. The normalized spacial score (nSPS) is 20.2. The molecule has 1 aliphatic carbocycles. The number of rotatable bonds is 8. The lowest BCUT2D eigenvalue weighted by atomic mass is 9.97. The largest absolute Gasteiger partial charge is 0.491 e. The number of hydrogen-bond donors (Lipinski definition) is 2. The summed E-state index contributed by atoms with van der Waals surface area (Å²) in [5, 5.41) is 6.75. The minimum absolute atomic E-state index is 0.0273. The summed E-state index contributed by atoms with van der Waals surface area (Å²) in [6.07, 6.45) is 4.12. The molecular weight excluding hydrogens is 400 g/mol. The van der Waals surface area contributed by atoms with Crippen LogP contribution in [-0.4, -0.2) is 37.8 Å². The van der Waals surface area contributed by atoms with Crippen molar-refractivity contribution < 1.29 is 14.3 Å². The van der Waals surface area contributed by atoms with Crippen molar-refractivity contribution in [2.45, 2.75) is 65.1 Å². The van der Waals surface area contributed by atoms with Gasteiger partial charge in [0, 0.05) is 31.3 Å². The highest BCUT2D eigenvalue weighted by Gasteiger charge is 2.24. The average molecular weight is 437 g/mol. The van der Waals surface area contributed by atoms with Crippen molar-refractivity contribution in [1.29, 1.82) is 0 Å². The molecule has 2 aromatic rings. The monoisotopic (exact) mass is 436 g/mol.